The molecule has 0 aliphatic rings. The molecule has 0 bridgehead atoms. The topological polar surface area (TPSA) is 113 Å². The van der Waals surface area contributed by atoms with Crippen LogP contribution in [-0.4, -0.2) is 23.0 Å². The second-order valence-electron chi connectivity index (χ2n) is 5.38. The van der Waals surface area contributed by atoms with Gasteiger partial charge in [0.05, 0.1) is 18.9 Å². The van der Waals surface area contributed by atoms with Crippen molar-refractivity contribution in [1.29, 1.82) is 0 Å². The molecule has 122 valence electrons. The predicted octanol–water partition coefficient (Wildman–Crippen LogP) is 2.39. The Labute approximate surface area is 134 Å². The summed E-state index contributed by atoms with van der Waals surface area (Å²) in [7, 11) is 1.48. The molecule has 4 N–H and O–H groups in total. The molecule has 0 atom stereocenters. The Morgan fingerprint density at radius 3 is 2.43 bits per heavy atom. The van der Waals surface area contributed by atoms with Crippen LogP contribution in [0.1, 0.15) is 41.5 Å². The lowest BCUT2D eigenvalue weighted by atomic mass is 9.99. The van der Waals surface area contributed by atoms with E-state index in [-0.39, 0.29) is 17.3 Å². The quantitative estimate of drug-likeness (QED) is 0.875. The van der Waals surface area contributed by atoms with Gasteiger partial charge in [-0.2, -0.15) is 0 Å². The summed E-state index contributed by atoms with van der Waals surface area (Å²) in [6, 6.07) is 3.29. The summed E-state index contributed by atoms with van der Waals surface area (Å²) in [6.45, 7) is 5.74. The largest absolute Gasteiger partial charge is 0.496 e. The molecule has 2 aromatic rings. The van der Waals surface area contributed by atoms with Gasteiger partial charge in [0.2, 0.25) is 0 Å². The minimum atomic E-state index is -0.602. The van der Waals surface area contributed by atoms with Crippen LogP contribution in [0.2, 0.25) is 0 Å². The number of nitrogen functional groups attached to an aromatic ring is 1. The van der Waals surface area contributed by atoms with Gasteiger partial charge in [-0.05, 0) is 25.0 Å². The van der Waals surface area contributed by atoms with E-state index in [9.17, 15) is 4.79 Å². The molecule has 1 amide bonds. The van der Waals surface area contributed by atoms with E-state index < -0.39 is 5.91 Å². The van der Waals surface area contributed by atoms with Gasteiger partial charge in [-0.25, -0.2) is 9.97 Å². The zero-order valence-electron chi connectivity index (χ0n) is 13.6. The number of benzene rings is 1. The summed E-state index contributed by atoms with van der Waals surface area (Å²) >= 11 is 0. The molecule has 0 aliphatic heterocycles. The average Bonchev–Trinajstić information content (AvgIpc) is 2.49. The van der Waals surface area contributed by atoms with E-state index in [1.54, 1.807) is 19.1 Å². The molecule has 1 aromatic heterocycles. The number of anilines is 1. The number of amides is 1. The Balaban J connectivity index is 2.55. The number of carbonyl (C=O) groups is 1. The molecule has 23 heavy (non-hydrogen) atoms. The smallest absolute Gasteiger partial charge is 0.252 e. The number of nitrogens with zero attached hydrogens (tertiary/aromatic N) is 2. The number of aryl methyl sites for hydroxylation is 1. The highest BCUT2D eigenvalue weighted by Gasteiger charge is 2.18. The van der Waals surface area contributed by atoms with Gasteiger partial charge in [0.15, 0.2) is 11.6 Å². The lowest BCUT2D eigenvalue weighted by Crippen LogP contribution is -2.13. The first-order valence-electron chi connectivity index (χ1n) is 7.12. The van der Waals surface area contributed by atoms with Gasteiger partial charge >= 0.3 is 0 Å². The minimum absolute atomic E-state index is 0.133. The van der Waals surface area contributed by atoms with Gasteiger partial charge in [0.1, 0.15) is 17.3 Å². The second kappa shape index (κ2) is 6.51. The van der Waals surface area contributed by atoms with E-state index in [4.69, 9.17) is 20.9 Å². The molecule has 7 heteroatoms. The van der Waals surface area contributed by atoms with Crippen LogP contribution < -0.4 is 20.9 Å². The normalized spacial score (nSPS) is 10.7. The predicted molar refractivity (Wildman–Crippen MR) is 86.9 cm³/mol. The van der Waals surface area contributed by atoms with Crippen molar-refractivity contribution in [3.8, 4) is 17.2 Å². The first-order valence-corrected chi connectivity index (χ1v) is 7.12. The average molecular weight is 316 g/mol. The maximum Gasteiger partial charge on any atom is 0.252 e. The van der Waals surface area contributed by atoms with Crippen molar-refractivity contribution in [2.24, 2.45) is 5.73 Å². The lowest BCUT2D eigenvalue weighted by Gasteiger charge is -2.17. The van der Waals surface area contributed by atoms with E-state index in [1.165, 1.54) is 13.3 Å². The highest BCUT2D eigenvalue weighted by Crippen LogP contribution is 2.37. The Bertz CT molecular complexity index is 744. The van der Waals surface area contributed by atoms with Crippen molar-refractivity contribution in [3.63, 3.8) is 0 Å². The number of primary amides is 1. The molecule has 7 nitrogen and oxygen atoms in total. The van der Waals surface area contributed by atoms with Gasteiger partial charge in [-0.3, -0.25) is 4.79 Å². The van der Waals surface area contributed by atoms with Crippen LogP contribution in [0.4, 0.5) is 5.82 Å². The Kier molecular flexibility index (Phi) is 4.68. The van der Waals surface area contributed by atoms with Gasteiger partial charge in [0, 0.05) is 5.56 Å². The zero-order valence-corrected chi connectivity index (χ0v) is 13.6. The summed E-state index contributed by atoms with van der Waals surface area (Å²) in [5, 5.41) is 0. The van der Waals surface area contributed by atoms with Crippen molar-refractivity contribution in [1.82, 2.24) is 9.97 Å². The highest BCUT2D eigenvalue weighted by atomic mass is 16.5. The standard InChI is InChI=1S/C16H20N4O3/c1-8(2)10-5-12(22-4)11(16(18)21)6-13(10)23-14-7-19-9(3)20-15(14)17/h5-8H,1-4H3,(H2,18,21)(H2,17,19,20). The SMILES string of the molecule is COc1cc(C(C)C)c(Oc2cnc(C)nc2N)cc1C(N)=O. The van der Waals surface area contributed by atoms with Crippen molar-refractivity contribution in [2.45, 2.75) is 26.7 Å². The van der Waals surface area contributed by atoms with Crippen molar-refractivity contribution < 1.29 is 14.3 Å². The van der Waals surface area contributed by atoms with Crippen LogP contribution in [-0.2, 0) is 0 Å². The first kappa shape index (κ1) is 16.5. The summed E-state index contributed by atoms with van der Waals surface area (Å²) in [4.78, 5) is 19.7. The zero-order chi connectivity index (χ0) is 17.1. The molecule has 0 saturated carbocycles. The molecule has 0 aliphatic carbocycles. The summed E-state index contributed by atoms with van der Waals surface area (Å²) < 4.78 is 11.1. The van der Waals surface area contributed by atoms with Crippen molar-refractivity contribution in [2.75, 3.05) is 12.8 Å². The number of hydrogen-bond acceptors (Lipinski definition) is 6. The third-order valence-electron chi connectivity index (χ3n) is 3.34. The van der Waals surface area contributed by atoms with E-state index >= 15 is 0 Å². The van der Waals surface area contributed by atoms with Gasteiger partial charge in [-0.15, -0.1) is 0 Å². The number of aromatic nitrogens is 2. The summed E-state index contributed by atoms with van der Waals surface area (Å²) in [5.74, 6) is 1.49. The number of nitrogens with two attached hydrogens (primary N) is 2. The fraction of sp³-hybridized carbons (Fsp3) is 0.312. The lowest BCUT2D eigenvalue weighted by molar-refractivity contribution is 0.0997. The molecule has 0 spiro atoms. The molecule has 0 saturated heterocycles. The maximum atomic E-state index is 11.6. The van der Waals surface area contributed by atoms with E-state index in [0.29, 0.717) is 23.1 Å². The van der Waals surface area contributed by atoms with Crippen LogP contribution >= 0.6 is 0 Å². The number of carbonyl (C=O) groups excluding carboxylic acids is 1. The maximum absolute atomic E-state index is 11.6. The second-order valence-corrected chi connectivity index (χ2v) is 5.38. The monoisotopic (exact) mass is 316 g/mol. The Morgan fingerprint density at radius 2 is 1.91 bits per heavy atom. The van der Waals surface area contributed by atoms with Crippen LogP contribution in [0.15, 0.2) is 18.3 Å². The fourth-order valence-corrected chi connectivity index (χ4v) is 2.15. The van der Waals surface area contributed by atoms with Crippen LogP contribution in [0.5, 0.6) is 17.2 Å². The summed E-state index contributed by atoms with van der Waals surface area (Å²) in [5.41, 5.74) is 12.3. The number of ether oxygens (including phenoxy) is 2. The third-order valence-corrected chi connectivity index (χ3v) is 3.34. The summed E-state index contributed by atoms with van der Waals surface area (Å²) in [6.07, 6.45) is 1.50. The first-order chi connectivity index (χ1) is 10.8. The molecule has 1 heterocycles. The molecule has 0 radical (unpaired) electrons. The molecule has 2 rings (SSSR count). The van der Waals surface area contributed by atoms with E-state index in [1.807, 2.05) is 13.8 Å². The molecule has 0 fully saturated rings. The van der Waals surface area contributed by atoms with Crippen molar-refractivity contribution >= 4 is 11.7 Å². The molecule has 0 unspecified atom stereocenters. The van der Waals surface area contributed by atoms with E-state index in [0.717, 1.165) is 5.56 Å². The Hall–Kier alpha value is -2.83. The minimum Gasteiger partial charge on any atom is -0.496 e. The van der Waals surface area contributed by atoms with Crippen LogP contribution in [0.3, 0.4) is 0 Å². The van der Waals surface area contributed by atoms with Crippen LogP contribution in [0, 0.1) is 6.92 Å². The molecular weight excluding hydrogens is 296 g/mol. The number of rotatable bonds is 5. The third kappa shape index (κ3) is 3.50. The number of methoxy groups -OCH3 is 1. The van der Waals surface area contributed by atoms with Gasteiger partial charge in [-0.1, -0.05) is 13.8 Å². The van der Waals surface area contributed by atoms with E-state index in [2.05, 4.69) is 9.97 Å². The number of hydrogen-bond donors (Lipinski definition) is 2. The highest BCUT2D eigenvalue weighted by molar-refractivity contribution is 5.96. The molecule has 1 aromatic carbocycles. The fourth-order valence-electron chi connectivity index (χ4n) is 2.15. The molecular formula is C16H20N4O3. The van der Waals surface area contributed by atoms with Crippen LogP contribution in [0.25, 0.3) is 0 Å². The van der Waals surface area contributed by atoms with Gasteiger partial charge in [0.25, 0.3) is 5.91 Å². The van der Waals surface area contributed by atoms with Gasteiger partial charge < -0.3 is 20.9 Å². The van der Waals surface area contributed by atoms with Crippen molar-refractivity contribution in [3.05, 3.63) is 35.3 Å². The Morgan fingerprint density at radius 1 is 1.22 bits per heavy atom.